The van der Waals surface area contributed by atoms with E-state index in [-0.39, 0.29) is 0 Å². The van der Waals surface area contributed by atoms with Crippen LogP contribution < -0.4 is 0 Å². The maximum absolute atomic E-state index is 7.94. The van der Waals surface area contributed by atoms with Crippen molar-refractivity contribution in [2.75, 3.05) is 20.1 Å². The van der Waals surface area contributed by atoms with Gasteiger partial charge in [-0.1, -0.05) is 6.92 Å². The molecule has 1 saturated heterocycles. The van der Waals surface area contributed by atoms with Gasteiger partial charge in [0.2, 0.25) is 0 Å². The first-order chi connectivity index (χ1) is 6.56. The molecule has 1 aliphatic rings. The van der Waals surface area contributed by atoms with Crippen LogP contribution in [0, 0.1) is 5.41 Å². The summed E-state index contributed by atoms with van der Waals surface area (Å²) in [6, 6.07) is 1.13. The van der Waals surface area contributed by atoms with E-state index in [2.05, 4.69) is 37.6 Å². The lowest BCUT2D eigenvalue weighted by Crippen LogP contribution is -2.56. The van der Waals surface area contributed by atoms with E-state index in [1.807, 2.05) is 0 Å². The van der Waals surface area contributed by atoms with E-state index in [0.29, 0.717) is 12.1 Å². The maximum Gasteiger partial charge on any atom is 0.0958 e. The number of hydrogen-bond donors (Lipinski definition) is 1. The van der Waals surface area contributed by atoms with Crippen molar-refractivity contribution in [2.24, 2.45) is 0 Å². The Hall–Kier alpha value is -0.570. The van der Waals surface area contributed by atoms with Gasteiger partial charge in [-0.05, 0) is 27.3 Å². The van der Waals surface area contributed by atoms with Crippen molar-refractivity contribution in [2.45, 2.75) is 45.7 Å². The third kappa shape index (κ3) is 2.47. The molecule has 0 amide bonds. The van der Waals surface area contributed by atoms with E-state index in [9.17, 15) is 0 Å². The van der Waals surface area contributed by atoms with Gasteiger partial charge in [-0.2, -0.15) is 0 Å². The predicted molar refractivity (Wildman–Crippen MR) is 60.9 cm³/mol. The molecule has 0 aliphatic carbocycles. The Balaban J connectivity index is 2.53. The Morgan fingerprint density at radius 3 is 2.21 bits per heavy atom. The van der Waals surface area contributed by atoms with Crippen molar-refractivity contribution in [3.8, 4) is 0 Å². The van der Waals surface area contributed by atoms with Gasteiger partial charge in [0.15, 0.2) is 0 Å². The quantitative estimate of drug-likeness (QED) is 0.540. The first-order valence-electron chi connectivity index (χ1n) is 5.60. The van der Waals surface area contributed by atoms with Gasteiger partial charge < -0.3 is 4.90 Å². The van der Waals surface area contributed by atoms with Crippen LogP contribution in [0.15, 0.2) is 0 Å². The standard InChI is InChI=1S/C11H23N3/c1-5-6-11(12)14-7-9(2)13(4)10(3)8-14/h9-10,12H,5-8H2,1-4H3. The van der Waals surface area contributed by atoms with E-state index in [1.54, 1.807) is 0 Å². The second-order valence-corrected chi connectivity index (χ2v) is 4.47. The van der Waals surface area contributed by atoms with E-state index in [4.69, 9.17) is 5.41 Å². The molecule has 0 radical (unpaired) electrons. The zero-order valence-corrected chi connectivity index (χ0v) is 9.88. The van der Waals surface area contributed by atoms with Crippen LogP contribution in [0.5, 0.6) is 0 Å². The molecular weight excluding hydrogens is 174 g/mol. The number of nitrogens with one attached hydrogen (secondary N) is 1. The summed E-state index contributed by atoms with van der Waals surface area (Å²) < 4.78 is 0. The molecule has 1 aliphatic heterocycles. The normalized spacial score (nSPS) is 29.3. The van der Waals surface area contributed by atoms with Gasteiger partial charge in [0.1, 0.15) is 0 Å². The van der Waals surface area contributed by atoms with E-state index in [1.165, 1.54) is 0 Å². The second-order valence-electron chi connectivity index (χ2n) is 4.47. The second kappa shape index (κ2) is 4.78. The number of nitrogens with zero attached hydrogens (tertiary/aromatic N) is 2. The molecule has 82 valence electrons. The Bertz CT molecular complexity index is 191. The Morgan fingerprint density at radius 2 is 1.79 bits per heavy atom. The van der Waals surface area contributed by atoms with Crippen LogP contribution in [-0.4, -0.2) is 47.9 Å². The first kappa shape index (κ1) is 11.5. The van der Waals surface area contributed by atoms with Crippen molar-refractivity contribution in [3.05, 3.63) is 0 Å². The summed E-state index contributed by atoms with van der Waals surface area (Å²) in [5.74, 6) is 0.819. The highest BCUT2D eigenvalue weighted by molar-refractivity contribution is 5.79. The van der Waals surface area contributed by atoms with E-state index in [0.717, 1.165) is 31.8 Å². The number of piperazine rings is 1. The summed E-state index contributed by atoms with van der Waals surface area (Å²) in [5, 5.41) is 7.94. The Labute approximate surface area is 87.6 Å². The number of amidine groups is 1. The molecule has 0 aromatic rings. The smallest absolute Gasteiger partial charge is 0.0958 e. The molecule has 14 heavy (non-hydrogen) atoms. The summed E-state index contributed by atoms with van der Waals surface area (Å²) in [6.45, 7) is 8.64. The highest BCUT2D eigenvalue weighted by Gasteiger charge is 2.27. The van der Waals surface area contributed by atoms with E-state index >= 15 is 0 Å². The highest BCUT2D eigenvalue weighted by Crippen LogP contribution is 2.14. The van der Waals surface area contributed by atoms with Crippen LogP contribution >= 0.6 is 0 Å². The van der Waals surface area contributed by atoms with Crippen molar-refractivity contribution in [1.29, 1.82) is 5.41 Å². The van der Waals surface area contributed by atoms with Crippen molar-refractivity contribution in [1.82, 2.24) is 9.80 Å². The molecule has 2 atom stereocenters. The first-order valence-corrected chi connectivity index (χ1v) is 5.60. The monoisotopic (exact) mass is 197 g/mol. The zero-order chi connectivity index (χ0) is 10.7. The van der Waals surface area contributed by atoms with Gasteiger partial charge in [0, 0.05) is 31.6 Å². The molecule has 3 nitrogen and oxygen atoms in total. The SMILES string of the molecule is CCCC(=N)N1CC(C)N(C)C(C)C1. The van der Waals surface area contributed by atoms with Gasteiger partial charge in [0.05, 0.1) is 5.84 Å². The largest absolute Gasteiger partial charge is 0.357 e. The molecule has 2 unspecified atom stereocenters. The lowest BCUT2D eigenvalue weighted by molar-refractivity contribution is 0.0972. The Morgan fingerprint density at radius 1 is 1.29 bits per heavy atom. The minimum atomic E-state index is 0.566. The molecule has 0 spiro atoms. The average Bonchev–Trinajstić information content (AvgIpc) is 2.13. The number of rotatable bonds is 2. The minimum Gasteiger partial charge on any atom is -0.357 e. The molecule has 3 heteroatoms. The molecule has 0 saturated carbocycles. The molecule has 1 heterocycles. The Kier molecular flexibility index (Phi) is 3.93. The zero-order valence-electron chi connectivity index (χ0n) is 9.88. The van der Waals surface area contributed by atoms with Crippen LogP contribution in [0.4, 0.5) is 0 Å². The lowest BCUT2D eigenvalue weighted by Gasteiger charge is -2.43. The predicted octanol–water partition coefficient (Wildman–Crippen LogP) is 1.79. The number of hydrogen-bond acceptors (Lipinski definition) is 2. The number of likely N-dealkylation sites (N-methyl/N-ethyl adjacent to an activating group) is 1. The summed E-state index contributed by atoms with van der Waals surface area (Å²) in [6.07, 6.45) is 2.00. The fourth-order valence-corrected chi connectivity index (χ4v) is 2.02. The summed E-state index contributed by atoms with van der Waals surface area (Å²) in [5.41, 5.74) is 0. The van der Waals surface area contributed by atoms with Crippen molar-refractivity contribution >= 4 is 5.84 Å². The topological polar surface area (TPSA) is 30.3 Å². The van der Waals surface area contributed by atoms with Crippen LogP contribution in [0.25, 0.3) is 0 Å². The summed E-state index contributed by atoms with van der Waals surface area (Å²) in [7, 11) is 2.18. The molecule has 0 aromatic heterocycles. The fraction of sp³-hybridized carbons (Fsp3) is 0.909. The third-order valence-corrected chi connectivity index (χ3v) is 3.23. The molecule has 0 bridgehead atoms. The molecule has 0 aromatic carbocycles. The average molecular weight is 197 g/mol. The van der Waals surface area contributed by atoms with Crippen LogP contribution in [-0.2, 0) is 0 Å². The maximum atomic E-state index is 7.94. The van der Waals surface area contributed by atoms with Gasteiger partial charge in [-0.15, -0.1) is 0 Å². The fourth-order valence-electron chi connectivity index (χ4n) is 2.02. The van der Waals surface area contributed by atoms with Gasteiger partial charge in [-0.25, -0.2) is 0 Å². The molecule has 1 N–H and O–H groups in total. The third-order valence-electron chi connectivity index (χ3n) is 3.23. The van der Waals surface area contributed by atoms with Gasteiger partial charge in [-0.3, -0.25) is 10.3 Å². The highest BCUT2D eigenvalue weighted by atomic mass is 15.3. The lowest BCUT2D eigenvalue weighted by atomic mass is 10.1. The molecular formula is C11H23N3. The van der Waals surface area contributed by atoms with Gasteiger partial charge >= 0.3 is 0 Å². The summed E-state index contributed by atoms with van der Waals surface area (Å²) >= 11 is 0. The van der Waals surface area contributed by atoms with Crippen LogP contribution in [0.1, 0.15) is 33.6 Å². The minimum absolute atomic E-state index is 0.566. The molecule has 1 fully saturated rings. The van der Waals surface area contributed by atoms with Crippen molar-refractivity contribution < 1.29 is 0 Å². The summed E-state index contributed by atoms with van der Waals surface area (Å²) in [4.78, 5) is 4.63. The van der Waals surface area contributed by atoms with Crippen LogP contribution in [0.3, 0.4) is 0 Å². The van der Waals surface area contributed by atoms with Crippen molar-refractivity contribution in [3.63, 3.8) is 0 Å². The van der Waals surface area contributed by atoms with Crippen LogP contribution in [0.2, 0.25) is 0 Å². The molecule has 1 rings (SSSR count). The van der Waals surface area contributed by atoms with Gasteiger partial charge in [0.25, 0.3) is 0 Å². The van der Waals surface area contributed by atoms with E-state index < -0.39 is 0 Å².